The third-order valence-corrected chi connectivity index (χ3v) is 4.45. The number of aryl methyl sites for hydroxylation is 1. The second-order valence-corrected chi connectivity index (χ2v) is 6.12. The van der Waals surface area contributed by atoms with Crippen molar-refractivity contribution in [3.63, 3.8) is 0 Å². The van der Waals surface area contributed by atoms with E-state index in [-0.39, 0.29) is 0 Å². The summed E-state index contributed by atoms with van der Waals surface area (Å²) in [6.45, 7) is 0. The van der Waals surface area contributed by atoms with Gasteiger partial charge in [0.15, 0.2) is 0 Å². The molecule has 0 radical (unpaired) electrons. The van der Waals surface area contributed by atoms with Crippen LogP contribution in [0.4, 0.5) is 0 Å². The highest BCUT2D eigenvalue weighted by molar-refractivity contribution is 9.10. The van der Waals surface area contributed by atoms with E-state index in [1.165, 1.54) is 4.88 Å². The van der Waals surface area contributed by atoms with Gasteiger partial charge in [-0.15, -0.1) is 11.3 Å². The monoisotopic (exact) mass is 330 g/mol. The summed E-state index contributed by atoms with van der Waals surface area (Å²) in [6, 6.07) is 9.60. The Morgan fingerprint density at radius 2 is 2.18 bits per heavy atom. The molecule has 0 aliphatic carbocycles. The van der Waals surface area contributed by atoms with Crippen LogP contribution in [0, 0.1) is 0 Å². The standard InChI is InChI=1S/C13H12BrClOS/c14-12-5-3-9(15)8-11(12)13(16)6-4-10-2-1-7-17-10/h1-3,5,7-8,13,16H,4,6H2. The average molecular weight is 332 g/mol. The molecule has 0 bridgehead atoms. The minimum atomic E-state index is -0.481. The van der Waals surface area contributed by atoms with E-state index in [4.69, 9.17) is 11.6 Å². The molecule has 90 valence electrons. The molecule has 17 heavy (non-hydrogen) atoms. The lowest BCUT2D eigenvalue weighted by atomic mass is 10.0. The van der Waals surface area contributed by atoms with Crippen LogP contribution >= 0.6 is 38.9 Å². The van der Waals surface area contributed by atoms with Gasteiger partial charge in [0.05, 0.1) is 6.10 Å². The van der Waals surface area contributed by atoms with Gasteiger partial charge in [-0.1, -0.05) is 33.6 Å². The molecule has 0 saturated heterocycles. The highest BCUT2D eigenvalue weighted by Crippen LogP contribution is 2.29. The van der Waals surface area contributed by atoms with Gasteiger partial charge in [0, 0.05) is 14.4 Å². The zero-order chi connectivity index (χ0) is 12.3. The predicted octanol–water partition coefficient (Wildman–Crippen LogP) is 4.83. The van der Waals surface area contributed by atoms with E-state index in [0.717, 1.165) is 16.5 Å². The van der Waals surface area contributed by atoms with Gasteiger partial charge in [-0.05, 0) is 48.1 Å². The predicted molar refractivity (Wildman–Crippen MR) is 76.8 cm³/mol. The molecular formula is C13H12BrClOS. The molecular weight excluding hydrogens is 320 g/mol. The molecule has 1 nitrogen and oxygen atoms in total. The van der Waals surface area contributed by atoms with Crippen LogP contribution in [0.2, 0.25) is 5.02 Å². The molecule has 1 unspecified atom stereocenters. The molecule has 0 amide bonds. The van der Waals surface area contributed by atoms with Crippen LogP contribution in [0.5, 0.6) is 0 Å². The number of rotatable bonds is 4. The van der Waals surface area contributed by atoms with Crippen LogP contribution in [0.15, 0.2) is 40.2 Å². The van der Waals surface area contributed by atoms with Crippen molar-refractivity contribution in [2.24, 2.45) is 0 Å². The maximum atomic E-state index is 10.1. The van der Waals surface area contributed by atoms with Crippen molar-refractivity contribution < 1.29 is 5.11 Å². The van der Waals surface area contributed by atoms with E-state index in [1.54, 1.807) is 17.4 Å². The van der Waals surface area contributed by atoms with E-state index in [9.17, 15) is 5.11 Å². The van der Waals surface area contributed by atoms with Gasteiger partial charge in [0.2, 0.25) is 0 Å². The van der Waals surface area contributed by atoms with Gasteiger partial charge in [-0.3, -0.25) is 0 Å². The number of aliphatic hydroxyl groups excluding tert-OH is 1. The second kappa shape index (κ2) is 6.01. The quantitative estimate of drug-likeness (QED) is 0.850. The van der Waals surface area contributed by atoms with Gasteiger partial charge >= 0.3 is 0 Å². The zero-order valence-corrected chi connectivity index (χ0v) is 12.2. The van der Waals surface area contributed by atoms with Crippen LogP contribution in [-0.4, -0.2) is 5.11 Å². The Morgan fingerprint density at radius 1 is 1.35 bits per heavy atom. The number of hydrogen-bond acceptors (Lipinski definition) is 2. The SMILES string of the molecule is OC(CCc1cccs1)c1cc(Cl)ccc1Br. The van der Waals surface area contributed by atoms with Crippen LogP contribution in [-0.2, 0) is 6.42 Å². The first kappa shape index (κ1) is 13.1. The molecule has 1 heterocycles. The normalized spacial score (nSPS) is 12.6. The van der Waals surface area contributed by atoms with Gasteiger partial charge in [0.25, 0.3) is 0 Å². The number of thiophene rings is 1. The minimum absolute atomic E-state index is 0.481. The number of hydrogen-bond donors (Lipinski definition) is 1. The molecule has 1 atom stereocenters. The first-order valence-electron chi connectivity index (χ1n) is 5.32. The van der Waals surface area contributed by atoms with Crippen LogP contribution in [0.1, 0.15) is 23.0 Å². The van der Waals surface area contributed by atoms with E-state index in [0.29, 0.717) is 11.4 Å². The molecule has 0 saturated carbocycles. The average Bonchev–Trinajstić information content (AvgIpc) is 2.82. The molecule has 0 spiro atoms. The Hall–Kier alpha value is -0.350. The van der Waals surface area contributed by atoms with Gasteiger partial charge < -0.3 is 5.11 Å². The first-order chi connectivity index (χ1) is 8.16. The summed E-state index contributed by atoms with van der Waals surface area (Å²) >= 11 is 11.1. The van der Waals surface area contributed by atoms with Gasteiger partial charge in [0.1, 0.15) is 0 Å². The molecule has 4 heteroatoms. The lowest BCUT2D eigenvalue weighted by molar-refractivity contribution is 0.167. The van der Waals surface area contributed by atoms with Gasteiger partial charge in [-0.2, -0.15) is 0 Å². The molecule has 2 aromatic rings. The lowest BCUT2D eigenvalue weighted by Crippen LogP contribution is -2.00. The van der Waals surface area contributed by atoms with Crippen molar-refractivity contribution in [2.75, 3.05) is 0 Å². The van der Waals surface area contributed by atoms with Crippen molar-refractivity contribution in [2.45, 2.75) is 18.9 Å². The second-order valence-electron chi connectivity index (χ2n) is 3.80. The molecule has 2 rings (SSSR count). The number of halogens is 2. The van der Waals surface area contributed by atoms with Crippen LogP contribution in [0.3, 0.4) is 0 Å². The summed E-state index contributed by atoms with van der Waals surface area (Å²) in [5, 5.41) is 12.8. The fraction of sp³-hybridized carbons (Fsp3) is 0.231. The summed E-state index contributed by atoms with van der Waals surface area (Å²) in [6.07, 6.45) is 1.11. The fourth-order valence-electron chi connectivity index (χ4n) is 1.66. The molecule has 1 aromatic heterocycles. The maximum absolute atomic E-state index is 10.1. The smallest absolute Gasteiger partial charge is 0.0804 e. The summed E-state index contributed by atoms with van der Waals surface area (Å²) in [4.78, 5) is 1.29. The highest BCUT2D eigenvalue weighted by atomic mass is 79.9. The van der Waals surface area contributed by atoms with E-state index < -0.39 is 6.10 Å². The Labute approximate surface area is 118 Å². The van der Waals surface area contributed by atoms with Crippen molar-refractivity contribution in [3.05, 3.63) is 55.6 Å². The zero-order valence-electron chi connectivity index (χ0n) is 9.07. The maximum Gasteiger partial charge on any atom is 0.0804 e. The Balaban J connectivity index is 2.04. The fourth-order valence-corrected chi connectivity index (χ4v) is 3.08. The molecule has 0 aliphatic heterocycles. The van der Waals surface area contributed by atoms with Gasteiger partial charge in [-0.25, -0.2) is 0 Å². The van der Waals surface area contributed by atoms with E-state index in [1.807, 2.05) is 18.2 Å². The topological polar surface area (TPSA) is 20.2 Å². The Bertz CT molecular complexity index is 484. The Kier molecular flexibility index (Phi) is 4.62. The minimum Gasteiger partial charge on any atom is -0.388 e. The van der Waals surface area contributed by atoms with Crippen molar-refractivity contribution in [1.29, 1.82) is 0 Å². The number of benzene rings is 1. The molecule has 1 N–H and O–H groups in total. The third kappa shape index (κ3) is 3.55. The third-order valence-electron chi connectivity index (χ3n) is 2.56. The molecule has 1 aromatic carbocycles. The van der Waals surface area contributed by atoms with Crippen LogP contribution < -0.4 is 0 Å². The molecule has 0 fully saturated rings. The highest BCUT2D eigenvalue weighted by Gasteiger charge is 2.12. The van der Waals surface area contributed by atoms with Crippen molar-refractivity contribution in [1.82, 2.24) is 0 Å². The largest absolute Gasteiger partial charge is 0.388 e. The van der Waals surface area contributed by atoms with Crippen LogP contribution in [0.25, 0.3) is 0 Å². The van der Waals surface area contributed by atoms with Crippen molar-refractivity contribution >= 4 is 38.9 Å². The summed E-state index contributed by atoms with van der Waals surface area (Å²) < 4.78 is 0.903. The lowest BCUT2D eigenvalue weighted by Gasteiger charge is -2.12. The first-order valence-corrected chi connectivity index (χ1v) is 7.37. The Morgan fingerprint density at radius 3 is 2.88 bits per heavy atom. The van der Waals surface area contributed by atoms with Crippen molar-refractivity contribution in [3.8, 4) is 0 Å². The number of aliphatic hydroxyl groups is 1. The summed E-state index contributed by atoms with van der Waals surface area (Å²) in [5.41, 5.74) is 0.856. The molecule has 0 aliphatic rings. The van der Waals surface area contributed by atoms with E-state index >= 15 is 0 Å². The summed E-state index contributed by atoms with van der Waals surface area (Å²) in [5.74, 6) is 0. The van der Waals surface area contributed by atoms with E-state index in [2.05, 4.69) is 27.4 Å². The summed E-state index contributed by atoms with van der Waals surface area (Å²) in [7, 11) is 0.